The lowest BCUT2D eigenvalue weighted by Gasteiger charge is -2.21. The molecule has 1 N–H and O–H groups in total. The number of carbonyl (C=O) groups is 2. The number of carbonyl (C=O) groups excluding carboxylic acids is 2. The number of hydrogen-bond acceptors (Lipinski definition) is 3. The summed E-state index contributed by atoms with van der Waals surface area (Å²) in [5.41, 5.74) is 0.253. The molecular weight excluding hydrogens is 168 g/mol. The largest absolute Gasteiger partial charge is 0.383 e. The minimum Gasteiger partial charge on any atom is -0.383 e. The highest BCUT2D eigenvalue weighted by atomic mass is 16.2. The van der Waals surface area contributed by atoms with Crippen molar-refractivity contribution in [2.75, 3.05) is 20.6 Å². The number of rotatable bonds is 1. The summed E-state index contributed by atoms with van der Waals surface area (Å²) in [6, 6.07) is 0. The average molecular weight is 182 g/mol. The summed E-state index contributed by atoms with van der Waals surface area (Å²) < 4.78 is 0. The van der Waals surface area contributed by atoms with E-state index in [4.69, 9.17) is 0 Å². The van der Waals surface area contributed by atoms with Crippen molar-refractivity contribution in [3.63, 3.8) is 0 Å². The van der Waals surface area contributed by atoms with E-state index in [0.29, 0.717) is 6.54 Å². The first-order valence-electron chi connectivity index (χ1n) is 4.23. The van der Waals surface area contributed by atoms with E-state index in [0.717, 1.165) is 0 Å². The van der Waals surface area contributed by atoms with E-state index in [2.05, 4.69) is 5.32 Å². The Morgan fingerprint density at radius 1 is 1.46 bits per heavy atom. The molecule has 1 unspecified atom stereocenters. The fourth-order valence-corrected chi connectivity index (χ4v) is 1.19. The quantitative estimate of drug-likeness (QED) is 0.450. The van der Waals surface area contributed by atoms with Crippen LogP contribution in [0.2, 0.25) is 0 Å². The van der Waals surface area contributed by atoms with Gasteiger partial charge in [0.25, 0.3) is 5.91 Å². The van der Waals surface area contributed by atoms with Crippen molar-refractivity contribution in [3.05, 3.63) is 11.8 Å². The normalized spacial score (nSPS) is 26.1. The second-order valence-corrected chi connectivity index (χ2v) is 3.48. The number of piperidine rings is 1. The van der Waals surface area contributed by atoms with Crippen LogP contribution >= 0.6 is 0 Å². The SMILES string of the molecule is CC1CNC(=O)/C(=C/N(C)C)C1=O. The van der Waals surface area contributed by atoms with E-state index < -0.39 is 0 Å². The maximum absolute atomic E-state index is 11.5. The number of Topliss-reactive ketones (excluding diaryl/α,β-unsaturated/α-hetero) is 1. The minimum absolute atomic E-state index is 0.0718. The van der Waals surface area contributed by atoms with E-state index in [-0.39, 0.29) is 23.2 Å². The Bertz CT molecular complexity index is 269. The first-order chi connectivity index (χ1) is 6.02. The topological polar surface area (TPSA) is 49.4 Å². The monoisotopic (exact) mass is 182 g/mol. The van der Waals surface area contributed by atoms with Crippen LogP contribution in [0.3, 0.4) is 0 Å². The molecule has 1 aliphatic heterocycles. The lowest BCUT2D eigenvalue weighted by Crippen LogP contribution is -2.42. The first kappa shape index (κ1) is 9.77. The summed E-state index contributed by atoms with van der Waals surface area (Å²) >= 11 is 0. The van der Waals surface area contributed by atoms with Crippen LogP contribution in [0.15, 0.2) is 11.8 Å². The third-order valence-electron chi connectivity index (χ3n) is 1.91. The van der Waals surface area contributed by atoms with Crippen molar-refractivity contribution in [3.8, 4) is 0 Å². The lowest BCUT2D eigenvalue weighted by atomic mass is 9.95. The molecule has 0 aliphatic carbocycles. The van der Waals surface area contributed by atoms with Crippen molar-refractivity contribution < 1.29 is 9.59 Å². The summed E-state index contributed by atoms with van der Waals surface area (Å²) in [5, 5.41) is 2.66. The zero-order valence-corrected chi connectivity index (χ0v) is 8.13. The Labute approximate surface area is 77.6 Å². The Morgan fingerprint density at radius 3 is 2.62 bits per heavy atom. The van der Waals surface area contributed by atoms with E-state index in [1.807, 2.05) is 6.92 Å². The molecule has 1 heterocycles. The zero-order valence-electron chi connectivity index (χ0n) is 8.13. The van der Waals surface area contributed by atoms with Crippen molar-refractivity contribution >= 4 is 11.7 Å². The molecule has 0 spiro atoms. The van der Waals surface area contributed by atoms with Crippen molar-refractivity contribution in [1.29, 1.82) is 0 Å². The Kier molecular flexibility index (Phi) is 2.70. The van der Waals surface area contributed by atoms with Crippen molar-refractivity contribution in [1.82, 2.24) is 10.2 Å². The maximum Gasteiger partial charge on any atom is 0.256 e. The molecule has 0 saturated carbocycles. The number of ketones is 1. The molecule has 0 aromatic rings. The number of nitrogens with zero attached hydrogens (tertiary/aromatic N) is 1. The summed E-state index contributed by atoms with van der Waals surface area (Å²) in [5.74, 6) is -0.446. The summed E-state index contributed by atoms with van der Waals surface area (Å²) in [4.78, 5) is 24.5. The van der Waals surface area contributed by atoms with Gasteiger partial charge in [-0.3, -0.25) is 9.59 Å². The van der Waals surface area contributed by atoms with E-state index in [1.165, 1.54) is 0 Å². The van der Waals surface area contributed by atoms with Gasteiger partial charge in [0, 0.05) is 32.8 Å². The molecule has 0 radical (unpaired) electrons. The van der Waals surface area contributed by atoms with E-state index >= 15 is 0 Å². The molecule has 1 atom stereocenters. The zero-order chi connectivity index (χ0) is 10.0. The third kappa shape index (κ3) is 2.08. The van der Waals surface area contributed by atoms with E-state index in [9.17, 15) is 9.59 Å². The second-order valence-electron chi connectivity index (χ2n) is 3.48. The van der Waals surface area contributed by atoms with Gasteiger partial charge in [0.05, 0.1) is 5.57 Å². The van der Waals surface area contributed by atoms with Crippen molar-refractivity contribution in [2.45, 2.75) is 6.92 Å². The first-order valence-corrected chi connectivity index (χ1v) is 4.23. The molecule has 1 saturated heterocycles. The standard InChI is InChI=1S/C9H14N2O2/c1-6-4-10-9(13)7(8(6)12)5-11(2)3/h5-6H,4H2,1-3H3,(H,10,13)/b7-5+. The molecule has 0 aromatic carbocycles. The van der Waals surface area contributed by atoms with Crippen LogP contribution in [0.1, 0.15) is 6.92 Å². The van der Waals surface area contributed by atoms with Gasteiger partial charge in [0.1, 0.15) is 0 Å². The predicted octanol–water partition coefficient (Wildman–Crippen LogP) is -0.233. The summed E-state index contributed by atoms with van der Waals surface area (Å²) in [6.07, 6.45) is 1.56. The average Bonchev–Trinajstić information content (AvgIpc) is 2.05. The third-order valence-corrected chi connectivity index (χ3v) is 1.91. The summed E-state index contributed by atoms with van der Waals surface area (Å²) in [6.45, 7) is 2.26. The molecule has 4 nitrogen and oxygen atoms in total. The van der Waals surface area contributed by atoms with Crippen LogP contribution in [-0.2, 0) is 9.59 Å². The van der Waals surface area contributed by atoms with Gasteiger partial charge in [-0.05, 0) is 0 Å². The number of hydrogen-bond donors (Lipinski definition) is 1. The van der Waals surface area contributed by atoms with E-state index in [1.54, 1.807) is 25.2 Å². The second kappa shape index (κ2) is 3.60. The highest BCUT2D eigenvalue weighted by Crippen LogP contribution is 2.11. The molecular formula is C9H14N2O2. The van der Waals surface area contributed by atoms with Crippen LogP contribution in [0.5, 0.6) is 0 Å². The van der Waals surface area contributed by atoms with Crippen LogP contribution in [0.4, 0.5) is 0 Å². The molecule has 4 heteroatoms. The number of amides is 1. The van der Waals surface area contributed by atoms with Gasteiger partial charge >= 0.3 is 0 Å². The van der Waals surface area contributed by atoms with Gasteiger partial charge in [-0.25, -0.2) is 0 Å². The fraction of sp³-hybridized carbons (Fsp3) is 0.556. The molecule has 1 fully saturated rings. The maximum atomic E-state index is 11.5. The molecule has 1 aliphatic rings. The Morgan fingerprint density at radius 2 is 2.08 bits per heavy atom. The van der Waals surface area contributed by atoms with Gasteiger partial charge in [-0.1, -0.05) is 6.92 Å². The van der Waals surface area contributed by atoms with Gasteiger partial charge < -0.3 is 10.2 Å². The number of nitrogens with one attached hydrogen (secondary N) is 1. The molecule has 72 valence electrons. The smallest absolute Gasteiger partial charge is 0.256 e. The predicted molar refractivity (Wildman–Crippen MR) is 49.0 cm³/mol. The summed E-state index contributed by atoms with van der Waals surface area (Å²) in [7, 11) is 3.57. The molecule has 0 bridgehead atoms. The fourth-order valence-electron chi connectivity index (χ4n) is 1.19. The van der Waals surface area contributed by atoms with Crippen LogP contribution in [0.25, 0.3) is 0 Å². The molecule has 1 amide bonds. The molecule has 0 aromatic heterocycles. The van der Waals surface area contributed by atoms with Crippen molar-refractivity contribution in [2.24, 2.45) is 5.92 Å². The highest BCUT2D eigenvalue weighted by Gasteiger charge is 2.28. The van der Waals surface area contributed by atoms with Crippen LogP contribution in [0, 0.1) is 5.92 Å². The van der Waals surface area contributed by atoms with Crippen LogP contribution < -0.4 is 5.32 Å². The van der Waals surface area contributed by atoms with Crippen LogP contribution in [-0.4, -0.2) is 37.2 Å². The Balaban J connectivity index is 2.91. The van der Waals surface area contributed by atoms with Gasteiger partial charge in [0.15, 0.2) is 5.78 Å². The lowest BCUT2D eigenvalue weighted by molar-refractivity contribution is -0.127. The van der Waals surface area contributed by atoms with Gasteiger partial charge in [0.2, 0.25) is 0 Å². The Hall–Kier alpha value is -1.32. The molecule has 1 rings (SSSR count). The van der Waals surface area contributed by atoms with Gasteiger partial charge in [-0.15, -0.1) is 0 Å². The molecule has 13 heavy (non-hydrogen) atoms. The minimum atomic E-state index is -0.267. The van der Waals surface area contributed by atoms with Gasteiger partial charge in [-0.2, -0.15) is 0 Å². The highest BCUT2D eigenvalue weighted by molar-refractivity contribution is 6.21.